The van der Waals surface area contributed by atoms with Gasteiger partial charge in [-0.3, -0.25) is 9.59 Å². The molecule has 0 aliphatic heterocycles. The Kier molecular flexibility index (Phi) is 10.3. The van der Waals surface area contributed by atoms with Crippen LogP contribution in [0.4, 0.5) is 5.69 Å². The Bertz CT molecular complexity index is 1100. The van der Waals surface area contributed by atoms with Crippen molar-refractivity contribution in [2.24, 2.45) is 0 Å². The van der Waals surface area contributed by atoms with Crippen LogP contribution in [-0.2, 0) is 26.3 Å². The van der Waals surface area contributed by atoms with Gasteiger partial charge in [0, 0.05) is 27.2 Å². The molecule has 8 nitrogen and oxygen atoms in total. The molecule has 0 aromatic heterocycles. The second-order valence-electron chi connectivity index (χ2n) is 8.91. The van der Waals surface area contributed by atoms with E-state index in [-0.39, 0.29) is 12.5 Å². The maximum absolute atomic E-state index is 13.7. The highest BCUT2D eigenvalue weighted by atomic mass is 32.2. The predicted octanol–water partition coefficient (Wildman–Crippen LogP) is 3.25. The Morgan fingerprint density at radius 1 is 1.03 bits per heavy atom. The number of nitrogens with zero attached hydrogens (tertiary/aromatic N) is 3. The molecule has 9 heteroatoms. The number of amides is 2. The van der Waals surface area contributed by atoms with Gasteiger partial charge < -0.3 is 10.2 Å². The fourth-order valence-corrected chi connectivity index (χ4v) is 4.70. The quantitative estimate of drug-likeness (QED) is 0.451. The number of carbonyl (C=O) groups excluding carboxylic acids is 2. The minimum absolute atomic E-state index is 0.185. The number of unbranched alkanes of at least 4 members (excludes halogenated alkanes) is 1. The third-order valence-corrected chi connectivity index (χ3v) is 7.65. The Morgan fingerprint density at radius 2 is 1.69 bits per heavy atom. The summed E-state index contributed by atoms with van der Waals surface area (Å²) in [6.45, 7) is 7.67. The van der Waals surface area contributed by atoms with Gasteiger partial charge in [-0.2, -0.15) is 12.7 Å². The fourth-order valence-electron chi connectivity index (χ4n) is 3.59. The van der Waals surface area contributed by atoms with Crippen molar-refractivity contribution in [1.82, 2.24) is 14.5 Å². The molecule has 0 aliphatic carbocycles. The van der Waals surface area contributed by atoms with E-state index < -0.39 is 28.7 Å². The molecular weight excluding hydrogens is 464 g/mol. The van der Waals surface area contributed by atoms with E-state index in [2.05, 4.69) is 5.32 Å². The van der Waals surface area contributed by atoms with Crippen molar-refractivity contribution in [3.05, 3.63) is 65.2 Å². The Hall–Kier alpha value is -2.91. The molecule has 0 spiro atoms. The van der Waals surface area contributed by atoms with Crippen LogP contribution in [0.2, 0.25) is 0 Å². The number of nitrogens with one attached hydrogen (secondary N) is 1. The van der Waals surface area contributed by atoms with Crippen LogP contribution in [0.15, 0.2) is 48.5 Å². The standard InChI is InChI=1S/C26H38N4O4S/c1-7-8-16-27-26(32)22(4)29(18-23-12-10-9-11-13-23)25(31)19-30(35(33,34)28(5)6)24-17-20(2)14-15-21(24)3/h9-15,17,22H,7-8,16,18-19H2,1-6H3,(H,27,32)/t22-/m0/s1. The van der Waals surface area contributed by atoms with E-state index in [0.717, 1.165) is 38.1 Å². The number of hydrogen-bond donors (Lipinski definition) is 1. The second-order valence-corrected chi connectivity index (χ2v) is 11.0. The number of carbonyl (C=O) groups is 2. The predicted molar refractivity (Wildman–Crippen MR) is 140 cm³/mol. The molecule has 2 amide bonds. The molecule has 0 saturated heterocycles. The zero-order valence-corrected chi connectivity index (χ0v) is 22.4. The lowest BCUT2D eigenvalue weighted by molar-refractivity contribution is -0.139. The lowest BCUT2D eigenvalue weighted by atomic mass is 10.1. The molecule has 2 rings (SSSR count). The van der Waals surface area contributed by atoms with Gasteiger partial charge >= 0.3 is 10.2 Å². The summed E-state index contributed by atoms with van der Waals surface area (Å²) in [4.78, 5) is 28.0. The summed E-state index contributed by atoms with van der Waals surface area (Å²) in [5, 5.41) is 2.88. The van der Waals surface area contributed by atoms with Crippen LogP contribution in [-0.4, -0.2) is 62.7 Å². The van der Waals surface area contributed by atoms with Crippen molar-refractivity contribution in [2.75, 3.05) is 31.5 Å². The number of anilines is 1. The normalized spacial score (nSPS) is 12.3. The van der Waals surface area contributed by atoms with Crippen LogP contribution in [0.1, 0.15) is 43.4 Å². The molecule has 0 bridgehead atoms. The SMILES string of the molecule is CCCCNC(=O)[C@H](C)N(Cc1ccccc1)C(=O)CN(c1cc(C)ccc1C)S(=O)(=O)N(C)C. The smallest absolute Gasteiger partial charge is 0.304 e. The van der Waals surface area contributed by atoms with Crippen molar-refractivity contribution >= 4 is 27.7 Å². The minimum Gasteiger partial charge on any atom is -0.354 e. The van der Waals surface area contributed by atoms with Gasteiger partial charge in [0.05, 0.1) is 5.69 Å². The first-order valence-corrected chi connectivity index (χ1v) is 13.3. The van der Waals surface area contributed by atoms with E-state index >= 15 is 0 Å². The van der Waals surface area contributed by atoms with Crippen molar-refractivity contribution in [2.45, 2.75) is 53.1 Å². The van der Waals surface area contributed by atoms with Gasteiger partial charge in [-0.15, -0.1) is 0 Å². The first kappa shape index (κ1) is 28.3. The molecule has 35 heavy (non-hydrogen) atoms. The van der Waals surface area contributed by atoms with Crippen LogP contribution < -0.4 is 9.62 Å². The fraction of sp³-hybridized carbons (Fsp3) is 0.462. The summed E-state index contributed by atoms with van der Waals surface area (Å²) < 4.78 is 28.8. The number of benzene rings is 2. The summed E-state index contributed by atoms with van der Waals surface area (Å²) in [5.74, 6) is -0.727. The molecule has 192 valence electrons. The largest absolute Gasteiger partial charge is 0.354 e. The van der Waals surface area contributed by atoms with Crippen LogP contribution in [0.3, 0.4) is 0 Å². The lowest BCUT2D eigenvalue weighted by Crippen LogP contribution is -2.52. The van der Waals surface area contributed by atoms with E-state index in [1.54, 1.807) is 13.0 Å². The third-order valence-electron chi connectivity index (χ3n) is 5.84. The number of hydrogen-bond acceptors (Lipinski definition) is 4. The molecule has 2 aromatic carbocycles. The molecule has 0 saturated carbocycles. The molecule has 0 unspecified atom stereocenters. The number of rotatable bonds is 12. The lowest BCUT2D eigenvalue weighted by Gasteiger charge is -2.33. The van der Waals surface area contributed by atoms with E-state index in [1.165, 1.54) is 19.0 Å². The number of aryl methyl sites for hydroxylation is 2. The van der Waals surface area contributed by atoms with E-state index in [4.69, 9.17) is 0 Å². The summed E-state index contributed by atoms with van der Waals surface area (Å²) in [6.07, 6.45) is 1.78. The van der Waals surface area contributed by atoms with E-state index in [0.29, 0.717) is 12.2 Å². The summed E-state index contributed by atoms with van der Waals surface area (Å²) in [5.41, 5.74) is 2.89. The monoisotopic (exact) mass is 502 g/mol. The molecule has 0 radical (unpaired) electrons. The molecule has 2 aromatic rings. The summed E-state index contributed by atoms with van der Waals surface area (Å²) >= 11 is 0. The molecular formula is C26H38N4O4S. The molecule has 1 atom stereocenters. The molecule has 0 heterocycles. The maximum Gasteiger partial charge on any atom is 0.304 e. The van der Waals surface area contributed by atoms with Gasteiger partial charge in [-0.25, -0.2) is 4.31 Å². The van der Waals surface area contributed by atoms with Crippen LogP contribution in [0.25, 0.3) is 0 Å². The molecule has 1 N–H and O–H groups in total. The van der Waals surface area contributed by atoms with Gasteiger partial charge in [0.1, 0.15) is 12.6 Å². The summed E-state index contributed by atoms with van der Waals surface area (Å²) in [7, 11) is -1.11. The van der Waals surface area contributed by atoms with E-state index in [9.17, 15) is 18.0 Å². The van der Waals surface area contributed by atoms with Crippen molar-refractivity contribution in [1.29, 1.82) is 0 Å². The molecule has 0 fully saturated rings. The zero-order valence-electron chi connectivity index (χ0n) is 21.6. The highest BCUT2D eigenvalue weighted by molar-refractivity contribution is 7.90. The average Bonchev–Trinajstić information content (AvgIpc) is 2.82. The van der Waals surface area contributed by atoms with Gasteiger partial charge in [-0.1, -0.05) is 55.8 Å². The van der Waals surface area contributed by atoms with Crippen LogP contribution in [0.5, 0.6) is 0 Å². The van der Waals surface area contributed by atoms with Crippen molar-refractivity contribution in [3.63, 3.8) is 0 Å². The van der Waals surface area contributed by atoms with Crippen LogP contribution >= 0.6 is 0 Å². The minimum atomic E-state index is -3.98. The maximum atomic E-state index is 13.7. The first-order valence-electron chi connectivity index (χ1n) is 11.9. The van der Waals surface area contributed by atoms with Crippen LogP contribution in [0, 0.1) is 13.8 Å². The topological polar surface area (TPSA) is 90.0 Å². The van der Waals surface area contributed by atoms with Gasteiger partial charge in [-0.05, 0) is 49.9 Å². The van der Waals surface area contributed by atoms with E-state index in [1.807, 2.05) is 63.2 Å². The molecule has 0 aliphatic rings. The first-order chi connectivity index (χ1) is 16.5. The van der Waals surface area contributed by atoms with Crippen molar-refractivity contribution < 1.29 is 18.0 Å². The summed E-state index contributed by atoms with van der Waals surface area (Å²) in [6, 6.07) is 14.1. The highest BCUT2D eigenvalue weighted by Gasteiger charge is 2.33. The zero-order chi connectivity index (χ0) is 26.2. The van der Waals surface area contributed by atoms with Crippen molar-refractivity contribution in [3.8, 4) is 0 Å². The average molecular weight is 503 g/mol. The van der Waals surface area contributed by atoms with Gasteiger partial charge in [0.15, 0.2) is 0 Å². The Balaban J connectivity index is 2.44. The second kappa shape index (κ2) is 12.7. The third kappa shape index (κ3) is 7.53. The van der Waals surface area contributed by atoms with Gasteiger partial charge in [0.25, 0.3) is 0 Å². The van der Waals surface area contributed by atoms with Gasteiger partial charge in [0.2, 0.25) is 11.8 Å². The Morgan fingerprint density at radius 3 is 2.29 bits per heavy atom. The Labute approximate surface area is 210 Å². The highest BCUT2D eigenvalue weighted by Crippen LogP contribution is 2.26.